The van der Waals surface area contributed by atoms with Crippen molar-refractivity contribution < 1.29 is 13.2 Å². The molecule has 0 aromatic heterocycles. The van der Waals surface area contributed by atoms with Crippen LogP contribution in [0.5, 0.6) is 5.75 Å². The largest absolute Gasteiger partial charge is 0.490 e. The number of sulfonamides is 1. The fraction of sp³-hybridized carbons (Fsp3) is 0.200. The summed E-state index contributed by atoms with van der Waals surface area (Å²) in [5, 5.41) is 4.91. The van der Waals surface area contributed by atoms with E-state index in [2.05, 4.69) is 6.58 Å². The second-order valence-corrected chi connectivity index (χ2v) is 4.67. The lowest BCUT2D eigenvalue weighted by Crippen LogP contribution is -2.14. The van der Waals surface area contributed by atoms with E-state index in [0.717, 1.165) is 0 Å². The predicted molar refractivity (Wildman–Crippen MR) is 58.9 cm³/mol. The van der Waals surface area contributed by atoms with Gasteiger partial charge in [0, 0.05) is 0 Å². The Morgan fingerprint density at radius 2 is 1.93 bits per heavy atom. The summed E-state index contributed by atoms with van der Waals surface area (Å²) in [4.78, 5) is 0. The molecule has 0 aliphatic rings. The summed E-state index contributed by atoms with van der Waals surface area (Å²) in [5.74, 6) is 0.516. The summed E-state index contributed by atoms with van der Waals surface area (Å²) < 4.78 is 26.8. The minimum Gasteiger partial charge on any atom is -0.490 e. The van der Waals surface area contributed by atoms with Gasteiger partial charge in [-0.15, -0.1) is 0 Å². The first-order chi connectivity index (χ1) is 7.01. The maximum atomic E-state index is 10.8. The third-order valence-electron chi connectivity index (χ3n) is 1.66. The molecule has 5 heteroatoms. The molecule has 0 heterocycles. The Morgan fingerprint density at radius 3 is 2.40 bits per heavy atom. The molecule has 0 spiro atoms. The Balaban J connectivity index is 2.68. The smallest absolute Gasteiger partial charge is 0.213 e. The number of ether oxygens (including phenoxy) is 1. The molecule has 0 atom stereocenters. The van der Waals surface area contributed by atoms with Gasteiger partial charge in [-0.05, 0) is 17.7 Å². The average molecular weight is 227 g/mol. The second kappa shape index (κ2) is 4.95. The number of rotatable bonds is 5. The van der Waals surface area contributed by atoms with Crippen LogP contribution in [0.25, 0.3) is 0 Å². The van der Waals surface area contributed by atoms with Crippen LogP contribution in [-0.2, 0) is 15.8 Å². The van der Waals surface area contributed by atoms with Gasteiger partial charge in [-0.1, -0.05) is 24.8 Å². The lowest BCUT2D eigenvalue weighted by molar-refractivity contribution is 0.363. The normalized spacial score (nSPS) is 11.0. The van der Waals surface area contributed by atoms with Gasteiger partial charge in [-0.25, -0.2) is 13.6 Å². The Hall–Kier alpha value is -1.33. The van der Waals surface area contributed by atoms with E-state index in [9.17, 15) is 8.42 Å². The van der Waals surface area contributed by atoms with Crippen molar-refractivity contribution >= 4 is 10.0 Å². The van der Waals surface area contributed by atoms with E-state index >= 15 is 0 Å². The van der Waals surface area contributed by atoms with E-state index in [1.165, 1.54) is 0 Å². The number of primary sulfonamides is 1. The quantitative estimate of drug-likeness (QED) is 0.764. The Kier molecular flexibility index (Phi) is 3.88. The first-order valence-electron chi connectivity index (χ1n) is 4.34. The van der Waals surface area contributed by atoms with E-state index in [1.807, 2.05) is 0 Å². The highest BCUT2D eigenvalue weighted by Gasteiger charge is 2.04. The Labute approximate surface area is 89.4 Å². The van der Waals surface area contributed by atoms with E-state index in [0.29, 0.717) is 17.9 Å². The molecule has 82 valence electrons. The van der Waals surface area contributed by atoms with Crippen LogP contribution in [0.2, 0.25) is 0 Å². The maximum Gasteiger partial charge on any atom is 0.213 e. The topological polar surface area (TPSA) is 69.4 Å². The van der Waals surface area contributed by atoms with Crippen molar-refractivity contribution in [2.45, 2.75) is 5.75 Å². The van der Waals surface area contributed by atoms with E-state index in [-0.39, 0.29) is 5.75 Å². The number of nitrogens with two attached hydrogens (primary N) is 1. The van der Waals surface area contributed by atoms with Crippen molar-refractivity contribution in [2.75, 3.05) is 6.61 Å². The van der Waals surface area contributed by atoms with Gasteiger partial charge in [0.15, 0.2) is 0 Å². The fourth-order valence-electron chi connectivity index (χ4n) is 1.07. The number of hydrogen-bond acceptors (Lipinski definition) is 3. The molecule has 0 bridgehead atoms. The van der Waals surface area contributed by atoms with Crippen LogP contribution >= 0.6 is 0 Å². The first kappa shape index (κ1) is 11.7. The van der Waals surface area contributed by atoms with Crippen LogP contribution in [0.15, 0.2) is 36.9 Å². The Bertz CT molecular complexity index is 422. The zero-order valence-electron chi connectivity index (χ0n) is 8.22. The summed E-state index contributed by atoms with van der Waals surface area (Å²) >= 11 is 0. The summed E-state index contributed by atoms with van der Waals surface area (Å²) in [6.07, 6.45) is 1.64. The summed E-state index contributed by atoms with van der Waals surface area (Å²) in [6, 6.07) is 6.74. The molecule has 0 saturated carbocycles. The van der Waals surface area contributed by atoms with Gasteiger partial charge in [0.05, 0.1) is 5.75 Å². The van der Waals surface area contributed by atoms with E-state index in [1.54, 1.807) is 30.3 Å². The van der Waals surface area contributed by atoms with Crippen molar-refractivity contribution in [1.29, 1.82) is 0 Å². The SMILES string of the molecule is C=CCOc1ccc(CS(N)(=O)=O)cc1. The van der Waals surface area contributed by atoms with E-state index < -0.39 is 10.0 Å². The molecule has 0 saturated heterocycles. The molecule has 4 nitrogen and oxygen atoms in total. The number of benzene rings is 1. The molecule has 0 fully saturated rings. The Morgan fingerprint density at radius 1 is 1.33 bits per heavy atom. The maximum absolute atomic E-state index is 10.8. The molecule has 1 aromatic carbocycles. The van der Waals surface area contributed by atoms with Crippen LogP contribution in [0.1, 0.15) is 5.56 Å². The third-order valence-corrected chi connectivity index (χ3v) is 2.39. The molecule has 1 rings (SSSR count). The molecule has 0 aliphatic carbocycles. The van der Waals surface area contributed by atoms with Crippen molar-refractivity contribution in [3.63, 3.8) is 0 Å². The highest BCUT2D eigenvalue weighted by Crippen LogP contribution is 2.13. The molecular weight excluding hydrogens is 214 g/mol. The second-order valence-electron chi connectivity index (χ2n) is 3.05. The van der Waals surface area contributed by atoms with Gasteiger partial charge >= 0.3 is 0 Å². The van der Waals surface area contributed by atoms with Crippen LogP contribution in [0.4, 0.5) is 0 Å². The predicted octanol–water partition coefficient (Wildman–Crippen LogP) is 1.04. The first-order valence-corrected chi connectivity index (χ1v) is 6.06. The summed E-state index contributed by atoms with van der Waals surface area (Å²) in [5.41, 5.74) is 0.642. The highest BCUT2D eigenvalue weighted by molar-refractivity contribution is 7.88. The van der Waals surface area contributed by atoms with Gasteiger partial charge in [0.25, 0.3) is 0 Å². The van der Waals surface area contributed by atoms with Crippen LogP contribution in [-0.4, -0.2) is 15.0 Å². The molecule has 1 aromatic rings. The summed E-state index contributed by atoms with van der Waals surface area (Å²) in [7, 11) is -3.46. The third kappa shape index (κ3) is 4.62. The molecule has 0 amide bonds. The van der Waals surface area contributed by atoms with Crippen molar-refractivity contribution in [2.24, 2.45) is 5.14 Å². The molecule has 0 radical (unpaired) electrons. The van der Waals surface area contributed by atoms with Gasteiger partial charge < -0.3 is 4.74 Å². The standard InChI is InChI=1S/C10H13NO3S/c1-2-7-14-10-5-3-9(4-6-10)8-15(11,12)13/h2-6H,1,7-8H2,(H2,11,12,13). The van der Waals surface area contributed by atoms with Crippen molar-refractivity contribution in [3.8, 4) is 5.75 Å². The van der Waals surface area contributed by atoms with Gasteiger partial charge in [-0.2, -0.15) is 0 Å². The van der Waals surface area contributed by atoms with E-state index in [4.69, 9.17) is 9.88 Å². The zero-order valence-corrected chi connectivity index (χ0v) is 9.03. The molecule has 2 N–H and O–H groups in total. The van der Waals surface area contributed by atoms with Crippen LogP contribution in [0, 0.1) is 0 Å². The average Bonchev–Trinajstić information content (AvgIpc) is 2.14. The summed E-state index contributed by atoms with van der Waals surface area (Å²) in [6.45, 7) is 3.95. The van der Waals surface area contributed by atoms with Crippen LogP contribution < -0.4 is 9.88 Å². The zero-order chi connectivity index (χ0) is 11.3. The van der Waals surface area contributed by atoms with Crippen molar-refractivity contribution in [1.82, 2.24) is 0 Å². The lowest BCUT2D eigenvalue weighted by Gasteiger charge is -2.04. The monoisotopic (exact) mass is 227 g/mol. The fourth-order valence-corrected chi connectivity index (χ4v) is 1.73. The highest BCUT2D eigenvalue weighted by atomic mass is 32.2. The lowest BCUT2D eigenvalue weighted by atomic mass is 10.2. The molecule has 0 unspecified atom stereocenters. The molecular formula is C10H13NO3S. The minimum atomic E-state index is -3.46. The molecule has 15 heavy (non-hydrogen) atoms. The van der Waals surface area contributed by atoms with Crippen molar-refractivity contribution in [3.05, 3.63) is 42.5 Å². The number of hydrogen-bond donors (Lipinski definition) is 1. The van der Waals surface area contributed by atoms with Gasteiger partial charge in [0.1, 0.15) is 12.4 Å². The van der Waals surface area contributed by atoms with Gasteiger partial charge in [0.2, 0.25) is 10.0 Å². The van der Waals surface area contributed by atoms with Crippen LogP contribution in [0.3, 0.4) is 0 Å². The van der Waals surface area contributed by atoms with Gasteiger partial charge in [-0.3, -0.25) is 0 Å². The molecule has 0 aliphatic heterocycles. The minimum absolute atomic E-state index is 0.158.